The third kappa shape index (κ3) is 5.53. The van der Waals surface area contributed by atoms with Gasteiger partial charge in [-0.25, -0.2) is 4.98 Å². The highest BCUT2D eigenvalue weighted by atomic mass is 32.2. The summed E-state index contributed by atoms with van der Waals surface area (Å²) in [7, 11) is 0. The average Bonchev–Trinajstić information content (AvgIpc) is 2.82. The van der Waals surface area contributed by atoms with Gasteiger partial charge in [0, 0.05) is 47.5 Å². The number of fused-ring (bicyclic) bond motifs is 1. The predicted molar refractivity (Wildman–Crippen MR) is 124 cm³/mol. The predicted octanol–water partition coefficient (Wildman–Crippen LogP) is 4.34. The van der Waals surface area contributed by atoms with Crippen LogP contribution in [0.5, 0.6) is 0 Å². The number of benzene rings is 2. The molecular weight excluding hydrogens is 406 g/mol. The molecule has 0 atom stereocenters. The summed E-state index contributed by atoms with van der Waals surface area (Å²) in [4.78, 5) is 32.2. The summed E-state index contributed by atoms with van der Waals surface area (Å²) < 4.78 is 0. The molecule has 1 aliphatic heterocycles. The molecule has 154 valence electrons. The van der Waals surface area contributed by atoms with E-state index in [0.29, 0.717) is 17.9 Å². The molecule has 0 spiro atoms. The van der Waals surface area contributed by atoms with E-state index in [1.807, 2.05) is 66.7 Å². The van der Waals surface area contributed by atoms with Gasteiger partial charge in [0.15, 0.2) is 0 Å². The Morgan fingerprint density at radius 1 is 1.00 bits per heavy atom. The molecule has 0 radical (unpaired) electrons. The highest BCUT2D eigenvalue weighted by Gasteiger charge is 2.22. The summed E-state index contributed by atoms with van der Waals surface area (Å²) in [6.45, 7) is 0.666. The van der Waals surface area contributed by atoms with Crippen molar-refractivity contribution >= 4 is 35.0 Å². The lowest BCUT2D eigenvalue weighted by Crippen LogP contribution is -2.35. The SMILES string of the molecule is O=C(CCC(=O)N1CCSc2ccccc21)Nc1cccc(C#Cc2ccccn2)c1. The molecule has 2 heterocycles. The Morgan fingerprint density at radius 2 is 1.87 bits per heavy atom. The van der Waals surface area contributed by atoms with E-state index in [-0.39, 0.29) is 24.7 Å². The van der Waals surface area contributed by atoms with Crippen molar-refractivity contribution in [3.63, 3.8) is 0 Å². The standard InChI is InChI=1S/C25H21N3O2S/c29-24(13-14-25(30)28-16-17-31-23-10-2-1-9-22(23)28)27-21-8-5-6-19(18-21)11-12-20-7-3-4-15-26-20/h1-10,15,18H,13-14,16-17H2,(H,27,29). The summed E-state index contributed by atoms with van der Waals surface area (Å²) in [5.74, 6) is 6.69. The van der Waals surface area contributed by atoms with Crippen molar-refractivity contribution < 1.29 is 9.59 Å². The van der Waals surface area contributed by atoms with E-state index in [2.05, 4.69) is 22.1 Å². The van der Waals surface area contributed by atoms with Crippen LogP contribution in [0.1, 0.15) is 24.1 Å². The van der Waals surface area contributed by atoms with Crippen LogP contribution < -0.4 is 10.2 Å². The number of pyridine rings is 1. The molecule has 2 amide bonds. The molecule has 1 N–H and O–H groups in total. The summed E-state index contributed by atoms with van der Waals surface area (Å²) in [5, 5.41) is 2.86. The van der Waals surface area contributed by atoms with Gasteiger partial charge in [0.05, 0.1) is 5.69 Å². The van der Waals surface area contributed by atoms with Gasteiger partial charge in [-0.15, -0.1) is 11.8 Å². The summed E-state index contributed by atoms with van der Waals surface area (Å²) in [5.41, 5.74) is 3.06. The van der Waals surface area contributed by atoms with Crippen LogP contribution in [0.4, 0.5) is 11.4 Å². The first-order valence-electron chi connectivity index (χ1n) is 10.0. The fraction of sp³-hybridized carbons (Fsp3) is 0.160. The largest absolute Gasteiger partial charge is 0.326 e. The fourth-order valence-corrected chi connectivity index (χ4v) is 4.25. The fourth-order valence-electron chi connectivity index (χ4n) is 3.26. The van der Waals surface area contributed by atoms with E-state index in [1.165, 1.54) is 0 Å². The maximum Gasteiger partial charge on any atom is 0.227 e. The number of hydrogen-bond acceptors (Lipinski definition) is 4. The van der Waals surface area contributed by atoms with Gasteiger partial charge in [-0.1, -0.05) is 30.2 Å². The number of carbonyl (C=O) groups is 2. The molecule has 1 aromatic heterocycles. The molecule has 0 bridgehead atoms. The molecule has 31 heavy (non-hydrogen) atoms. The molecule has 0 saturated carbocycles. The molecule has 0 unspecified atom stereocenters. The number of hydrogen-bond donors (Lipinski definition) is 1. The summed E-state index contributed by atoms with van der Waals surface area (Å²) >= 11 is 1.75. The number of thioether (sulfide) groups is 1. The second-order valence-corrected chi connectivity index (χ2v) is 8.09. The maximum absolute atomic E-state index is 12.7. The van der Waals surface area contributed by atoms with E-state index < -0.39 is 0 Å². The Morgan fingerprint density at radius 3 is 2.74 bits per heavy atom. The second-order valence-electron chi connectivity index (χ2n) is 6.96. The average molecular weight is 428 g/mol. The van der Waals surface area contributed by atoms with Gasteiger partial charge in [0.25, 0.3) is 0 Å². The Bertz CT molecular complexity index is 1150. The van der Waals surface area contributed by atoms with Gasteiger partial charge in [0.2, 0.25) is 11.8 Å². The number of nitrogens with one attached hydrogen (secondary N) is 1. The number of aromatic nitrogens is 1. The third-order valence-corrected chi connectivity index (χ3v) is 5.78. The number of carbonyl (C=O) groups excluding carboxylic acids is 2. The summed E-state index contributed by atoms with van der Waals surface area (Å²) in [6, 6.07) is 20.8. The normalized spacial score (nSPS) is 12.3. The van der Waals surface area contributed by atoms with Crippen molar-refractivity contribution in [2.75, 3.05) is 22.5 Å². The van der Waals surface area contributed by atoms with Crippen molar-refractivity contribution in [3.05, 3.63) is 84.2 Å². The van der Waals surface area contributed by atoms with Gasteiger partial charge in [-0.3, -0.25) is 9.59 Å². The Balaban J connectivity index is 1.33. The first-order chi connectivity index (χ1) is 15.2. The number of amides is 2. The van der Waals surface area contributed by atoms with Crippen LogP contribution in [-0.4, -0.2) is 29.1 Å². The zero-order valence-electron chi connectivity index (χ0n) is 16.9. The summed E-state index contributed by atoms with van der Waals surface area (Å²) in [6.07, 6.45) is 2.00. The molecule has 3 aromatic rings. The zero-order chi connectivity index (χ0) is 21.5. The van der Waals surface area contributed by atoms with Crippen molar-refractivity contribution in [1.82, 2.24) is 4.98 Å². The third-order valence-electron chi connectivity index (χ3n) is 4.74. The van der Waals surface area contributed by atoms with Gasteiger partial charge >= 0.3 is 0 Å². The molecule has 5 nitrogen and oxygen atoms in total. The van der Waals surface area contributed by atoms with Crippen LogP contribution in [0.25, 0.3) is 0 Å². The first-order valence-corrected chi connectivity index (χ1v) is 11.0. The van der Waals surface area contributed by atoms with Gasteiger partial charge in [-0.2, -0.15) is 0 Å². The van der Waals surface area contributed by atoms with Crippen molar-refractivity contribution in [1.29, 1.82) is 0 Å². The first kappa shape index (κ1) is 20.7. The molecule has 0 aliphatic carbocycles. The van der Waals surface area contributed by atoms with Gasteiger partial charge < -0.3 is 10.2 Å². The van der Waals surface area contributed by atoms with E-state index in [9.17, 15) is 9.59 Å². The van der Waals surface area contributed by atoms with Crippen LogP contribution in [0.2, 0.25) is 0 Å². The van der Waals surface area contributed by atoms with E-state index in [4.69, 9.17) is 0 Å². The molecule has 0 saturated heterocycles. The van der Waals surface area contributed by atoms with Crippen LogP contribution in [-0.2, 0) is 9.59 Å². The minimum atomic E-state index is -0.192. The molecule has 4 rings (SSSR count). The minimum absolute atomic E-state index is 0.0297. The Hall–Kier alpha value is -3.56. The Kier molecular flexibility index (Phi) is 6.65. The highest BCUT2D eigenvalue weighted by molar-refractivity contribution is 7.99. The monoisotopic (exact) mass is 427 g/mol. The molecule has 6 heteroatoms. The lowest BCUT2D eigenvalue weighted by atomic mass is 10.2. The van der Waals surface area contributed by atoms with E-state index in [1.54, 1.807) is 22.9 Å². The highest BCUT2D eigenvalue weighted by Crippen LogP contribution is 2.34. The van der Waals surface area contributed by atoms with Crippen molar-refractivity contribution in [2.45, 2.75) is 17.7 Å². The van der Waals surface area contributed by atoms with Crippen molar-refractivity contribution in [3.8, 4) is 11.8 Å². The topological polar surface area (TPSA) is 62.3 Å². The molecular formula is C25H21N3O2S. The maximum atomic E-state index is 12.7. The van der Waals surface area contributed by atoms with Crippen LogP contribution in [0, 0.1) is 11.8 Å². The lowest BCUT2D eigenvalue weighted by molar-refractivity contribution is -0.122. The van der Waals surface area contributed by atoms with Crippen LogP contribution in [0.15, 0.2) is 77.8 Å². The zero-order valence-corrected chi connectivity index (χ0v) is 17.7. The lowest BCUT2D eigenvalue weighted by Gasteiger charge is -2.29. The van der Waals surface area contributed by atoms with Crippen LogP contribution in [0.3, 0.4) is 0 Å². The number of rotatable bonds is 4. The number of anilines is 2. The number of para-hydroxylation sites is 1. The smallest absolute Gasteiger partial charge is 0.227 e. The van der Waals surface area contributed by atoms with Crippen LogP contribution >= 0.6 is 11.8 Å². The van der Waals surface area contributed by atoms with Gasteiger partial charge in [-0.05, 0) is 48.4 Å². The molecule has 2 aromatic carbocycles. The second kappa shape index (κ2) is 9.96. The van der Waals surface area contributed by atoms with Crippen molar-refractivity contribution in [2.24, 2.45) is 0 Å². The minimum Gasteiger partial charge on any atom is -0.326 e. The quantitative estimate of drug-likeness (QED) is 0.629. The Labute approximate surface area is 185 Å². The van der Waals surface area contributed by atoms with E-state index >= 15 is 0 Å². The van der Waals surface area contributed by atoms with Gasteiger partial charge in [0.1, 0.15) is 5.69 Å². The number of nitrogens with zero attached hydrogens (tertiary/aromatic N) is 2. The molecule has 0 fully saturated rings. The van der Waals surface area contributed by atoms with E-state index in [0.717, 1.165) is 21.9 Å². The molecule has 1 aliphatic rings.